The summed E-state index contributed by atoms with van der Waals surface area (Å²) in [5, 5.41) is 0. The van der Waals surface area contributed by atoms with Gasteiger partial charge in [-0.25, -0.2) is 0 Å². The van der Waals surface area contributed by atoms with Crippen LogP contribution in [-0.2, 0) is 0 Å². The van der Waals surface area contributed by atoms with E-state index in [1.807, 2.05) is 12.1 Å². The Balaban J connectivity index is 2.88. The van der Waals surface area contributed by atoms with Crippen LogP contribution in [0.3, 0.4) is 0 Å². The minimum Gasteiger partial charge on any atom is -0.497 e. The average molecular weight is 181 g/mol. The molecule has 0 aliphatic heterocycles. The predicted molar refractivity (Wildman–Crippen MR) is 55.1 cm³/mol. The monoisotopic (exact) mass is 181 g/mol. The van der Waals surface area contributed by atoms with Crippen molar-refractivity contribution in [2.75, 3.05) is 21.2 Å². The molecule has 0 aliphatic carbocycles. The lowest BCUT2D eigenvalue weighted by atomic mass is 10.3. The first-order chi connectivity index (χ1) is 6.15. The molecule has 2 heteroatoms. The van der Waals surface area contributed by atoms with Crippen LogP contribution in [0.2, 0.25) is 0 Å². The topological polar surface area (TPSA) is 12.5 Å². The second-order valence-corrected chi connectivity index (χ2v) is 3.42. The Morgan fingerprint density at radius 1 is 1.31 bits per heavy atom. The SMILES string of the molecule is COc1cccc([14C@H](C)N(C)C)c1. The third kappa shape index (κ3) is 2.46. The van der Waals surface area contributed by atoms with E-state index in [1.165, 1.54) is 5.56 Å². The molecular formula is C11H17NO. The summed E-state index contributed by atoms with van der Waals surface area (Å²) in [6.45, 7) is 2.18. The van der Waals surface area contributed by atoms with Crippen molar-refractivity contribution in [3.8, 4) is 5.75 Å². The van der Waals surface area contributed by atoms with Crippen molar-refractivity contribution < 1.29 is 4.74 Å². The Labute approximate surface area is 80.1 Å². The lowest BCUT2D eigenvalue weighted by Gasteiger charge is -2.20. The van der Waals surface area contributed by atoms with Crippen molar-refractivity contribution in [3.63, 3.8) is 0 Å². The summed E-state index contributed by atoms with van der Waals surface area (Å²) in [5.41, 5.74) is 1.28. The maximum absolute atomic E-state index is 5.17. The zero-order valence-corrected chi connectivity index (χ0v) is 8.74. The average Bonchev–Trinajstić information content (AvgIpc) is 2.16. The van der Waals surface area contributed by atoms with Crippen LogP contribution in [0.5, 0.6) is 5.75 Å². The highest BCUT2D eigenvalue weighted by atomic mass is 16.5. The molecule has 0 spiro atoms. The van der Waals surface area contributed by atoms with Crippen LogP contribution in [0.25, 0.3) is 0 Å². The summed E-state index contributed by atoms with van der Waals surface area (Å²) >= 11 is 0. The van der Waals surface area contributed by atoms with Gasteiger partial charge in [-0.2, -0.15) is 0 Å². The van der Waals surface area contributed by atoms with Gasteiger partial charge in [0.2, 0.25) is 0 Å². The predicted octanol–water partition coefficient (Wildman–Crippen LogP) is 2.32. The molecule has 0 aliphatic rings. The molecule has 72 valence electrons. The lowest BCUT2D eigenvalue weighted by molar-refractivity contribution is 0.319. The third-order valence-electron chi connectivity index (χ3n) is 2.35. The van der Waals surface area contributed by atoms with Crippen molar-refractivity contribution >= 4 is 0 Å². The van der Waals surface area contributed by atoms with E-state index in [0.29, 0.717) is 6.04 Å². The Kier molecular flexibility index (Phi) is 3.32. The fourth-order valence-corrected chi connectivity index (χ4v) is 1.20. The van der Waals surface area contributed by atoms with Gasteiger partial charge in [0, 0.05) is 6.04 Å². The van der Waals surface area contributed by atoms with E-state index < -0.39 is 0 Å². The van der Waals surface area contributed by atoms with Gasteiger partial charge < -0.3 is 9.64 Å². The lowest BCUT2D eigenvalue weighted by Crippen LogP contribution is -2.16. The molecular weight excluding hydrogens is 164 g/mol. The highest BCUT2D eigenvalue weighted by molar-refractivity contribution is 5.30. The Bertz CT molecular complexity index is 271. The summed E-state index contributed by atoms with van der Waals surface area (Å²) < 4.78 is 5.17. The summed E-state index contributed by atoms with van der Waals surface area (Å²) in [4.78, 5) is 2.18. The molecule has 0 fully saturated rings. The normalized spacial score (nSPS) is 13.0. The van der Waals surface area contributed by atoms with Crippen LogP contribution >= 0.6 is 0 Å². The van der Waals surface area contributed by atoms with Crippen LogP contribution in [0.1, 0.15) is 18.5 Å². The van der Waals surface area contributed by atoms with Gasteiger partial charge >= 0.3 is 0 Å². The molecule has 1 aromatic carbocycles. The van der Waals surface area contributed by atoms with Gasteiger partial charge in [0.25, 0.3) is 0 Å². The molecule has 0 radical (unpaired) electrons. The summed E-state index contributed by atoms with van der Waals surface area (Å²) in [5.74, 6) is 0.922. The maximum atomic E-state index is 5.17. The Hall–Kier alpha value is -1.02. The molecule has 1 aromatic rings. The minimum atomic E-state index is 0.426. The van der Waals surface area contributed by atoms with Gasteiger partial charge in [0.05, 0.1) is 7.11 Å². The molecule has 0 aromatic heterocycles. The molecule has 0 amide bonds. The molecule has 0 saturated heterocycles. The van der Waals surface area contributed by atoms with E-state index in [2.05, 4.69) is 38.1 Å². The molecule has 2 nitrogen and oxygen atoms in total. The quantitative estimate of drug-likeness (QED) is 0.709. The molecule has 0 unspecified atom stereocenters. The second kappa shape index (κ2) is 4.28. The highest BCUT2D eigenvalue weighted by Crippen LogP contribution is 2.21. The van der Waals surface area contributed by atoms with Gasteiger partial charge in [-0.1, -0.05) is 12.1 Å². The fourth-order valence-electron chi connectivity index (χ4n) is 1.20. The number of rotatable bonds is 3. The summed E-state index contributed by atoms with van der Waals surface area (Å²) in [6, 6.07) is 8.60. The minimum absolute atomic E-state index is 0.426. The van der Waals surface area contributed by atoms with Crippen LogP contribution < -0.4 is 4.74 Å². The van der Waals surface area contributed by atoms with E-state index in [-0.39, 0.29) is 0 Å². The van der Waals surface area contributed by atoms with Gasteiger partial charge in [-0.15, -0.1) is 0 Å². The molecule has 1 rings (SSSR count). The van der Waals surface area contributed by atoms with E-state index in [1.54, 1.807) is 7.11 Å². The van der Waals surface area contributed by atoms with Gasteiger partial charge in [0.1, 0.15) is 5.75 Å². The van der Waals surface area contributed by atoms with Crippen LogP contribution in [0, 0.1) is 0 Å². The van der Waals surface area contributed by atoms with Crippen LogP contribution in [0.4, 0.5) is 0 Å². The first-order valence-corrected chi connectivity index (χ1v) is 4.45. The van der Waals surface area contributed by atoms with Crippen molar-refractivity contribution in [1.82, 2.24) is 4.90 Å². The van der Waals surface area contributed by atoms with Crippen molar-refractivity contribution in [2.24, 2.45) is 0 Å². The number of nitrogens with zero attached hydrogens (tertiary/aromatic N) is 1. The van der Waals surface area contributed by atoms with Crippen molar-refractivity contribution in [2.45, 2.75) is 13.0 Å². The number of methoxy groups -OCH3 is 1. The molecule has 0 saturated carbocycles. The fraction of sp³-hybridized carbons (Fsp3) is 0.455. The largest absolute Gasteiger partial charge is 0.497 e. The van der Waals surface area contributed by atoms with Gasteiger partial charge in [-0.3, -0.25) is 0 Å². The Morgan fingerprint density at radius 2 is 2.00 bits per heavy atom. The number of hydrogen-bond acceptors (Lipinski definition) is 2. The highest BCUT2D eigenvalue weighted by Gasteiger charge is 2.07. The Morgan fingerprint density at radius 3 is 2.54 bits per heavy atom. The van der Waals surface area contributed by atoms with E-state index in [9.17, 15) is 0 Å². The molecule has 0 heterocycles. The zero-order valence-electron chi connectivity index (χ0n) is 8.74. The molecule has 13 heavy (non-hydrogen) atoms. The smallest absolute Gasteiger partial charge is 0.119 e. The molecule has 1 atom stereocenters. The van der Waals surface area contributed by atoms with Gasteiger partial charge in [0.15, 0.2) is 0 Å². The first kappa shape index (κ1) is 10.1. The summed E-state index contributed by atoms with van der Waals surface area (Å²) in [7, 11) is 5.84. The zero-order chi connectivity index (χ0) is 9.84. The van der Waals surface area contributed by atoms with Crippen molar-refractivity contribution in [1.29, 1.82) is 0 Å². The second-order valence-electron chi connectivity index (χ2n) is 3.42. The maximum Gasteiger partial charge on any atom is 0.119 e. The van der Waals surface area contributed by atoms with Crippen molar-refractivity contribution in [3.05, 3.63) is 29.8 Å². The third-order valence-corrected chi connectivity index (χ3v) is 2.35. The summed E-state index contributed by atoms with van der Waals surface area (Å²) in [6.07, 6.45) is 0. The molecule has 0 bridgehead atoms. The van der Waals surface area contributed by atoms with E-state index in [4.69, 9.17) is 4.74 Å². The molecule has 0 N–H and O–H groups in total. The van der Waals surface area contributed by atoms with Crippen LogP contribution in [0.15, 0.2) is 24.3 Å². The van der Waals surface area contributed by atoms with E-state index in [0.717, 1.165) is 5.75 Å². The first-order valence-electron chi connectivity index (χ1n) is 4.45. The van der Waals surface area contributed by atoms with Gasteiger partial charge in [-0.05, 0) is 38.7 Å². The number of ether oxygens (including phenoxy) is 1. The van der Waals surface area contributed by atoms with Crippen LogP contribution in [-0.4, -0.2) is 26.1 Å². The van der Waals surface area contributed by atoms with E-state index >= 15 is 0 Å². The standard InChI is InChI=1S/C11H17NO/c1-9(12(2)3)10-6-5-7-11(8-10)13-4/h5-9H,1-4H3/t9-/m0/s1/i9+2. The number of benzene rings is 1. The number of hydrogen-bond donors (Lipinski definition) is 0.